The Labute approximate surface area is 115 Å². The van der Waals surface area contributed by atoms with Crippen LogP contribution in [0.25, 0.3) is 0 Å². The molecule has 1 fully saturated rings. The number of rotatable bonds is 5. The Morgan fingerprint density at radius 2 is 2.37 bits per heavy atom. The average molecular weight is 264 g/mol. The Kier molecular flexibility index (Phi) is 5.63. The first kappa shape index (κ1) is 14.3. The fraction of sp³-hybridized carbons (Fsp3) is 0.600. The topological polar surface area (TPSA) is 47.7 Å². The lowest BCUT2D eigenvalue weighted by Crippen LogP contribution is -2.33. The average Bonchev–Trinajstić information content (AvgIpc) is 2.63. The van der Waals surface area contributed by atoms with Gasteiger partial charge in [0.15, 0.2) is 0 Å². The Bertz CT molecular complexity index is 384. The Morgan fingerprint density at radius 3 is 3.21 bits per heavy atom. The minimum atomic E-state index is 0.322. The summed E-state index contributed by atoms with van der Waals surface area (Å²) in [5.41, 5.74) is 6.73. The molecule has 2 N–H and O–H groups in total. The van der Waals surface area contributed by atoms with Crippen LogP contribution in [0.1, 0.15) is 18.9 Å². The number of benzene rings is 1. The number of ether oxygens (including phenoxy) is 2. The molecule has 1 atom stereocenters. The van der Waals surface area contributed by atoms with Crippen molar-refractivity contribution in [2.45, 2.75) is 26.0 Å². The molecule has 1 aromatic carbocycles. The lowest BCUT2D eigenvalue weighted by atomic mass is 10.2. The van der Waals surface area contributed by atoms with Gasteiger partial charge in [-0.1, -0.05) is 12.1 Å². The molecule has 1 aromatic rings. The normalized spacial score (nSPS) is 21.1. The molecule has 1 aliphatic rings. The highest BCUT2D eigenvalue weighted by atomic mass is 16.5. The number of nitrogens with two attached hydrogens (primary N) is 1. The molecule has 1 saturated heterocycles. The van der Waals surface area contributed by atoms with Crippen LogP contribution in [0.5, 0.6) is 5.75 Å². The van der Waals surface area contributed by atoms with Gasteiger partial charge in [-0.15, -0.1) is 0 Å². The molecule has 1 aliphatic heterocycles. The Morgan fingerprint density at radius 1 is 1.47 bits per heavy atom. The van der Waals surface area contributed by atoms with Gasteiger partial charge in [0, 0.05) is 32.8 Å². The van der Waals surface area contributed by atoms with Gasteiger partial charge in [-0.3, -0.25) is 4.90 Å². The van der Waals surface area contributed by atoms with Crippen molar-refractivity contribution < 1.29 is 9.47 Å². The summed E-state index contributed by atoms with van der Waals surface area (Å²) in [6, 6.07) is 7.99. The molecule has 106 valence electrons. The van der Waals surface area contributed by atoms with Crippen molar-refractivity contribution in [3.05, 3.63) is 29.8 Å². The van der Waals surface area contributed by atoms with Crippen molar-refractivity contribution in [2.24, 2.45) is 5.73 Å². The third kappa shape index (κ3) is 4.82. The maximum atomic E-state index is 5.79. The van der Waals surface area contributed by atoms with E-state index in [4.69, 9.17) is 15.2 Å². The van der Waals surface area contributed by atoms with Crippen molar-refractivity contribution in [2.75, 3.05) is 32.8 Å². The van der Waals surface area contributed by atoms with Crippen LogP contribution in [0, 0.1) is 0 Å². The van der Waals surface area contributed by atoms with E-state index in [0.29, 0.717) is 19.3 Å². The van der Waals surface area contributed by atoms with Gasteiger partial charge in [0.25, 0.3) is 0 Å². The van der Waals surface area contributed by atoms with Crippen molar-refractivity contribution in [3.8, 4) is 5.75 Å². The molecule has 0 aliphatic carbocycles. The molecule has 2 rings (SSSR count). The molecule has 1 unspecified atom stereocenters. The fourth-order valence-corrected chi connectivity index (χ4v) is 2.34. The molecule has 0 spiro atoms. The largest absolute Gasteiger partial charge is 0.492 e. The van der Waals surface area contributed by atoms with Gasteiger partial charge >= 0.3 is 0 Å². The fourth-order valence-electron chi connectivity index (χ4n) is 2.34. The zero-order valence-electron chi connectivity index (χ0n) is 11.7. The first-order valence-electron chi connectivity index (χ1n) is 7.03. The van der Waals surface area contributed by atoms with Gasteiger partial charge in [-0.2, -0.15) is 0 Å². The van der Waals surface area contributed by atoms with Gasteiger partial charge in [0.2, 0.25) is 0 Å². The van der Waals surface area contributed by atoms with E-state index in [1.807, 2.05) is 24.3 Å². The van der Waals surface area contributed by atoms with Crippen LogP contribution >= 0.6 is 0 Å². The molecule has 19 heavy (non-hydrogen) atoms. The molecule has 0 radical (unpaired) electrons. The highest BCUT2D eigenvalue weighted by molar-refractivity contribution is 5.28. The van der Waals surface area contributed by atoms with E-state index >= 15 is 0 Å². The molecule has 0 saturated carbocycles. The van der Waals surface area contributed by atoms with Crippen molar-refractivity contribution in [1.82, 2.24) is 4.90 Å². The lowest BCUT2D eigenvalue weighted by molar-refractivity contribution is 0.0658. The van der Waals surface area contributed by atoms with E-state index in [0.717, 1.165) is 44.0 Å². The van der Waals surface area contributed by atoms with Crippen LogP contribution in [-0.2, 0) is 11.3 Å². The molecular weight excluding hydrogens is 240 g/mol. The first-order valence-corrected chi connectivity index (χ1v) is 7.03. The second-order valence-electron chi connectivity index (χ2n) is 5.04. The van der Waals surface area contributed by atoms with E-state index in [1.54, 1.807) is 0 Å². The zero-order chi connectivity index (χ0) is 13.5. The minimum absolute atomic E-state index is 0.322. The summed E-state index contributed by atoms with van der Waals surface area (Å²) in [6.07, 6.45) is 1.43. The summed E-state index contributed by atoms with van der Waals surface area (Å²) < 4.78 is 11.4. The van der Waals surface area contributed by atoms with Crippen molar-refractivity contribution in [1.29, 1.82) is 0 Å². The van der Waals surface area contributed by atoms with Gasteiger partial charge in [0.1, 0.15) is 12.4 Å². The first-order chi connectivity index (χ1) is 9.28. The summed E-state index contributed by atoms with van der Waals surface area (Å²) in [5.74, 6) is 0.905. The van der Waals surface area contributed by atoms with Gasteiger partial charge < -0.3 is 15.2 Å². The summed E-state index contributed by atoms with van der Waals surface area (Å²) in [5, 5.41) is 0. The predicted octanol–water partition coefficient (Wildman–Crippen LogP) is 1.63. The van der Waals surface area contributed by atoms with Crippen LogP contribution in [0.2, 0.25) is 0 Å². The van der Waals surface area contributed by atoms with E-state index in [2.05, 4.69) is 11.8 Å². The smallest absolute Gasteiger partial charge is 0.119 e. The van der Waals surface area contributed by atoms with Gasteiger partial charge in [0.05, 0.1) is 6.10 Å². The van der Waals surface area contributed by atoms with E-state index < -0.39 is 0 Å². The number of nitrogens with zero attached hydrogens (tertiary/aromatic N) is 1. The van der Waals surface area contributed by atoms with E-state index in [9.17, 15) is 0 Å². The molecule has 4 nitrogen and oxygen atoms in total. The van der Waals surface area contributed by atoms with Crippen LogP contribution < -0.4 is 10.5 Å². The maximum absolute atomic E-state index is 5.79. The maximum Gasteiger partial charge on any atom is 0.119 e. The van der Waals surface area contributed by atoms with Gasteiger partial charge in [-0.05, 0) is 31.0 Å². The minimum Gasteiger partial charge on any atom is -0.492 e. The molecule has 0 amide bonds. The quantitative estimate of drug-likeness (QED) is 0.878. The van der Waals surface area contributed by atoms with Gasteiger partial charge in [-0.25, -0.2) is 0 Å². The van der Waals surface area contributed by atoms with Crippen LogP contribution in [0.15, 0.2) is 24.3 Å². The second-order valence-corrected chi connectivity index (χ2v) is 5.04. The monoisotopic (exact) mass is 264 g/mol. The third-order valence-corrected chi connectivity index (χ3v) is 3.35. The summed E-state index contributed by atoms with van der Waals surface area (Å²) in [7, 11) is 0. The summed E-state index contributed by atoms with van der Waals surface area (Å²) >= 11 is 0. The predicted molar refractivity (Wildman–Crippen MR) is 76.3 cm³/mol. The second kappa shape index (κ2) is 7.48. The van der Waals surface area contributed by atoms with Crippen LogP contribution in [0.4, 0.5) is 0 Å². The summed E-state index contributed by atoms with van der Waals surface area (Å²) in [6.45, 7) is 7.29. The van der Waals surface area contributed by atoms with Crippen LogP contribution in [0.3, 0.4) is 0 Å². The van der Waals surface area contributed by atoms with E-state index in [-0.39, 0.29) is 0 Å². The molecular formula is C15H24N2O2. The van der Waals surface area contributed by atoms with E-state index in [1.165, 1.54) is 0 Å². The Hall–Kier alpha value is -1.10. The summed E-state index contributed by atoms with van der Waals surface area (Å²) in [4.78, 5) is 2.41. The molecule has 0 aromatic heterocycles. The third-order valence-electron chi connectivity index (χ3n) is 3.35. The molecule has 0 bridgehead atoms. The SMILES string of the molecule is CC1CN(CCOc2cccc(CN)c2)CCCO1. The van der Waals surface area contributed by atoms with Crippen LogP contribution in [-0.4, -0.2) is 43.9 Å². The standard InChI is InChI=1S/C15H24N2O2/c1-13-12-17(6-3-8-18-13)7-9-19-15-5-2-4-14(10-15)11-16/h2,4-5,10,13H,3,6-9,11-12,16H2,1H3. The number of hydrogen-bond donors (Lipinski definition) is 1. The van der Waals surface area contributed by atoms with Crippen molar-refractivity contribution in [3.63, 3.8) is 0 Å². The highest BCUT2D eigenvalue weighted by Crippen LogP contribution is 2.13. The highest BCUT2D eigenvalue weighted by Gasteiger charge is 2.14. The lowest BCUT2D eigenvalue weighted by Gasteiger charge is -2.21. The van der Waals surface area contributed by atoms with Crippen molar-refractivity contribution >= 4 is 0 Å². The number of hydrogen-bond acceptors (Lipinski definition) is 4. The zero-order valence-corrected chi connectivity index (χ0v) is 11.7. The molecule has 4 heteroatoms. The molecule has 1 heterocycles. The Balaban J connectivity index is 1.75.